The van der Waals surface area contributed by atoms with Gasteiger partial charge in [0.15, 0.2) is 8.03 Å². The third-order valence-corrected chi connectivity index (χ3v) is 2.82. The first-order chi connectivity index (χ1) is 6.00. The summed E-state index contributed by atoms with van der Waals surface area (Å²) < 4.78 is 10.7. The normalized spacial score (nSPS) is 12.9. The monoisotopic (exact) mass is 198 g/mol. The molecule has 0 heterocycles. The van der Waals surface area contributed by atoms with Crippen molar-refractivity contribution in [3.05, 3.63) is 34.4 Å². The van der Waals surface area contributed by atoms with Crippen molar-refractivity contribution >= 4 is 8.03 Å². The van der Waals surface area contributed by atoms with E-state index in [1.54, 1.807) is 0 Å². The van der Waals surface area contributed by atoms with Crippen molar-refractivity contribution in [3.8, 4) is 0 Å². The molecule has 0 amide bonds. The summed E-state index contributed by atoms with van der Waals surface area (Å²) in [7, 11) is -2.39. The van der Waals surface area contributed by atoms with Gasteiger partial charge in [-0.15, -0.1) is 0 Å². The lowest BCUT2D eigenvalue weighted by Crippen LogP contribution is -1.92. The van der Waals surface area contributed by atoms with Crippen LogP contribution in [0.4, 0.5) is 0 Å². The minimum Gasteiger partial charge on any atom is -0.346 e. The van der Waals surface area contributed by atoms with Crippen LogP contribution in [0.2, 0.25) is 0 Å². The van der Waals surface area contributed by atoms with E-state index >= 15 is 0 Å². The van der Waals surface area contributed by atoms with Crippen molar-refractivity contribution in [1.29, 1.82) is 0 Å². The molecule has 1 aromatic carbocycles. The lowest BCUT2D eigenvalue weighted by atomic mass is 10.0. The Hall–Kier alpha value is -0.590. The minimum absolute atomic E-state index is 0.308. The van der Waals surface area contributed by atoms with Gasteiger partial charge in [0.25, 0.3) is 0 Å². The molecule has 3 heteroatoms. The Kier molecular flexibility index (Phi) is 3.29. The van der Waals surface area contributed by atoms with Crippen molar-refractivity contribution in [1.82, 2.24) is 0 Å². The summed E-state index contributed by atoms with van der Waals surface area (Å²) in [5.74, 6) is 0. The molecule has 0 spiro atoms. The number of aryl methyl sites for hydroxylation is 3. The number of hydrogen-bond donors (Lipinski definition) is 1. The Morgan fingerprint density at radius 2 is 1.69 bits per heavy atom. The molecule has 0 aliphatic heterocycles. The average molecular weight is 198 g/mol. The maximum atomic E-state index is 10.7. The van der Waals surface area contributed by atoms with E-state index in [2.05, 4.69) is 0 Å². The van der Waals surface area contributed by atoms with Gasteiger partial charge in [-0.3, -0.25) is 4.57 Å². The third-order valence-electron chi connectivity index (χ3n) is 2.17. The van der Waals surface area contributed by atoms with Crippen LogP contribution in [0, 0.1) is 20.8 Å². The second kappa shape index (κ2) is 4.08. The van der Waals surface area contributed by atoms with Crippen molar-refractivity contribution in [2.75, 3.05) is 0 Å². The number of rotatable bonds is 2. The molecule has 1 unspecified atom stereocenters. The summed E-state index contributed by atoms with van der Waals surface area (Å²) in [5.41, 5.74) is 4.46. The van der Waals surface area contributed by atoms with Gasteiger partial charge in [-0.2, -0.15) is 0 Å². The van der Waals surface area contributed by atoms with Crippen molar-refractivity contribution in [3.63, 3.8) is 0 Å². The summed E-state index contributed by atoms with van der Waals surface area (Å²) in [6, 6.07) is 4.10. The molecule has 0 radical (unpaired) electrons. The fourth-order valence-electron chi connectivity index (χ4n) is 1.64. The highest BCUT2D eigenvalue weighted by Crippen LogP contribution is 2.26. The van der Waals surface area contributed by atoms with Crippen LogP contribution in [-0.4, -0.2) is 4.89 Å². The zero-order chi connectivity index (χ0) is 10.0. The molecule has 0 aromatic heterocycles. The molecule has 13 heavy (non-hydrogen) atoms. The van der Waals surface area contributed by atoms with E-state index in [4.69, 9.17) is 4.89 Å². The molecule has 0 aliphatic carbocycles. The maximum absolute atomic E-state index is 10.7. The van der Waals surface area contributed by atoms with Crippen LogP contribution in [0.25, 0.3) is 0 Å². The Bertz CT molecular complexity index is 322. The van der Waals surface area contributed by atoms with Gasteiger partial charge in [-0.1, -0.05) is 17.7 Å². The van der Waals surface area contributed by atoms with Crippen LogP contribution >= 0.6 is 8.03 Å². The van der Waals surface area contributed by atoms with E-state index in [1.807, 2.05) is 32.9 Å². The zero-order valence-corrected chi connectivity index (χ0v) is 9.22. The topological polar surface area (TPSA) is 37.3 Å². The fraction of sp³-hybridized carbons (Fsp3) is 0.400. The standard InChI is InChI=1S/C10H15O2P/c1-7-4-8(2)10(6-13(11)12)9(3)5-7/h4-5,13H,6H2,1-3H3,(H,11,12). The summed E-state index contributed by atoms with van der Waals surface area (Å²) in [5, 5.41) is 0. The van der Waals surface area contributed by atoms with E-state index in [-0.39, 0.29) is 0 Å². The average Bonchev–Trinajstić information content (AvgIpc) is 1.96. The molecule has 0 saturated carbocycles. The van der Waals surface area contributed by atoms with E-state index < -0.39 is 8.03 Å². The molecule has 2 nitrogen and oxygen atoms in total. The largest absolute Gasteiger partial charge is 0.346 e. The van der Waals surface area contributed by atoms with Crippen LogP contribution in [-0.2, 0) is 10.7 Å². The number of hydrogen-bond acceptors (Lipinski definition) is 1. The molecule has 1 rings (SSSR count). The van der Waals surface area contributed by atoms with Crippen LogP contribution in [0.3, 0.4) is 0 Å². The minimum atomic E-state index is -2.39. The lowest BCUT2D eigenvalue weighted by molar-refractivity contribution is 0.502. The summed E-state index contributed by atoms with van der Waals surface area (Å²) in [6.07, 6.45) is 0.308. The highest BCUT2D eigenvalue weighted by molar-refractivity contribution is 7.37. The van der Waals surface area contributed by atoms with Crippen LogP contribution < -0.4 is 0 Å². The van der Waals surface area contributed by atoms with Crippen molar-refractivity contribution in [2.24, 2.45) is 0 Å². The molecule has 1 aromatic rings. The van der Waals surface area contributed by atoms with Crippen LogP contribution in [0.5, 0.6) is 0 Å². The quantitative estimate of drug-likeness (QED) is 0.741. The molecule has 0 bridgehead atoms. The highest BCUT2D eigenvalue weighted by Gasteiger charge is 2.05. The molecule has 0 aliphatic rings. The van der Waals surface area contributed by atoms with Gasteiger partial charge in [-0.05, 0) is 37.5 Å². The van der Waals surface area contributed by atoms with Gasteiger partial charge in [0, 0.05) is 6.16 Å². The fourth-order valence-corrected chi connectivity index (χ4v) is 2.50. The Balaban J connectivity index is 3.13. The van der Waals surface area contributed by atoms with Gasteiger partial charge in [-0.25, -0.2) is 0 Å². The van der Waals surface area contributed by atoms with E-state index in [0.29, 0.717) is 6.16 Å². The summed E-state index contributed by atoms with van der Waals surface area (Å²) in [4.78, 5) is 8.87. The van der Waals surface area contributed by atoms with Gasteiger partial charge >= 0.3 is 0 Å². The predicted molar refractivity (Wildman–Crippen MR) is 55.6 cm³/mol. The summed E-state index contributed by atoms with van der Waals surface area (Å²) >= 11 is 0. The zero-order valence-electron chi connectivity index (χ0n) is 8.22. The molecular formula is C10H15O2P. The van der Waals surface area contributed by atoms with E-state index in [1.165, 1.54) is 5.56 Å². The third kappa shape index (κ3) is 2.68. The molecule has 72 valence electrons. The molecule has 0 saturated heterocycles. The van der Waals surface area contributed by atoms with Gasteiger partial charge in [0.1, 0.15) is 0 Å². The SMILES string of the molecule is Cc1cc(C)c(C[PH](=O)O)c(C)c1. The highest BCUT2D eigenvalue weighted by atomic mass is 31.1. The van der Waals surface area contributed by atoms with Crippen LogP contribution in [0.1, 0.15) is 22.3 Å². The van der Waals surface area contributed by atoms with E-state index in [9.17, 15) is 4.57 Å². The smallest absolute Gasteiger partial charge is 0.193 e. The van der Waals surface area contributed by atoms with E-state index in [0.717, 1.165) is 16.7 Å². The Morgan fingerprint density at radius 1 is 1.23 bits per heavy atom. The molecule has 1 N–H and O–H groups in total. The van der Waals surface area contributed by atoms with Crippen LogP contribution in [0.15, 0.2) is 12.1 Å². The Morgan fingerprint density at radius 3 is 2.08 bits per heavy atom. The number of benzene rings is 1. The second-order valence-electron chi connectivity index (χ2n) is 3.45. The van der Waals surface area contributed by atoms with Crippen molar-refractivity contribution in [2.45, 2.75) is 26.9 Å². The first kappa shape index (κ1) is 10.5. The molecule has 1 atom stereocenters. The summed E-state index contributed by atoms with van der Waals surface area (Å²) in [6.45, 7) is 6.01. The second-order valence-corrected chi connectivity index (χ2v) is 4.59. The Labute approximate surface area is 79.5 Å². The van der Waals surface area contributed by atoms with Gasteiger partial charge in [0.05, 0.1) is 0 Å². The predicted octanol–water partition coefficient (Wildman–Crippen LogP) is 2.58. The first-order valence-electron chi connectivity index (χ1n) is 4.29. The molecule has 0 fully saturated rings. The molecular weight excluding hydrogens is 183 g/mol. The van der Waals surface area contributed by atoms with Gasteiger partial charge in [0.2, 0.25) is 0 Å². The van der Waals surface area contributed by atoms with Crippen molar-refractivity contribution < 1.29 is 9.46 Å². The lowest BCUT2D eigenvalue weighted by Gasteiger charge is -2.09. The first-order valence-corrected chi connectivity index (χ1v) is 5.85. The van der Waals surface area contributed by atoms with Gasteiger partial charge < -0.3 is 4.89 Å². The maximum Gasteiger partial charge on any atom is 0.193 e.